The van der Waals surface area contributed by atoms with Crippen LogP contribution in [0.3, 0.4) is 0 Å². The SMILES string of the molecule is c1ccc(-n2c3ccccc3c3c4oc5cc6ccccc6n5c4ccc32)cc1. The first-order valence-corrected chi connectivity index (χ1v) is 9.80. The van der Waals surface area contributed by atoms with Crippen LogP contribution in [0.5, 0.6) is 0 Å². The van der Waals surface area contributed by atoms with E-state index in [-0.39, 0.29) is 0 Å². The smallest absolute Gasteiger partial charge is 0.205 e. The number of para-hydroxylation sites is 3. The molecule has 0 bridgehead atoms. The highest BCUT2D eigenvalue weighted by molar-refractivity contribution is 6.19. The van der Waals surface area contributed by atoms with Gasteiger partial charge in [0.15, 0.2) is 5.58 Å². The molecule has 29 heavy (non-hydrogen) atoms. The maximum Gasteiger partial charge on any atom is 0.205 e. The van der Waals surface area contributed by atoms with Crippen molar-refractivity contribution < 1.29 is 4.42 Å². The lowest BCUT2D eigenvalue weighted by molar-refractivity contribution is 0.661. The second-order valence-corrected chi connectivity index (χ2v) is 7.47. The van der Waals surface area contributed by atoms with E-state index in [1.54, 1.807) is 0 Å². The zero-order valence-electron chi connectivity index (χ0n) is 15.5. The number of hydrogen-bond acceptors (Lipinski definition) is 1. The molecule has 7 rings (SSSR count). The summed E-state index contributed by atoms with van der Waals surface area (Å²) in [6, 6.07) is 34.0. The molecule has 0 aliphatic rings. The summed E-state index contributed by atoms with van der Waals surface area (Å²) in [6.07, 6.45) is 0. The third kappa shape index (κ3) is 1.87. The van der Waals surface area contributed by atoms with Crippen LogP contribution in [0.25, 0.3) is 55.2 Å². The Morgan fingerprint density at radius 1 is 0.586 bits per heavy atom. The molecule has 0 atom stereocenters. The number of benzene rings is 4. The first kappa shape index (κ1) is 15.0. The Labute approximate surface area is 166 Å². The highest BCUT2D eigenvalue weighted by Crippen LogP contribution is 2.39. The maximum atomic E-state index is 6.46. The molecule has 3 nitrogen and oxygen atoms in total. The lowest BCUT2D eigenvalue weighted by atomic mass is 10.1. The molecule has 0 aliphatic carbocycles. The van der Waals surface area contributed by atoms with E-state index in [2.05, 4.69) is 106 Å². The van der Waals surface area contributed by atoms with Crippen LogP contribution in [0.2, 0.25) is 0 Å². The van der Waals surface area contributed by atoms with Gasteiger partial charge in [-0.15, -0.1) is 0 Å². The fourth-order valence-electron chi connectivity index (χ4n) is 4.71. The van der Waals surface area contributed by atoms with Crippen LogP contribution in [-0.2, 0) is 0 Å². The highest BCUT2D eigenvalue weighted by atomic mass is 16.3. The number of aromatic nitrogens is 2. The van der Waals surface area contributed by atoms with E-state index in [1.165, 1.54) is 21.8 Å². The molecular weight excluding hydrogens is 356 g/mol. The van der Waals surface area contributed by atoms with Gasteiger partial charge in [0.05, 0.1) is 27.5 Å². The van der Waals surface area contributed by atoms with Crippen molar-refractivity contribution >= 4 is 49.5 Å². The summed E-state index contributed by atoms with van der Waals surface area (Å²) in [4.78, 5) is 0. The van der Waals surface area contributed by atoms with Crippen LogP contribution in [0.4, 0.5) is 0 Å². The Morgan fingerprint density at radius 3 is 2.21 bits per heavy atom. The van der Waals surface area contributed by atoms with Crippen molar-refractivity contribution in [3.05, 3.63) is 97.1 Å². The van der Waals surface area contributed by atoms with E-state index in [0.29, 0.717) is 0 Å². The summed E-state index contributed by atoms with van der Waals surface area (Å²) in [5.74, 6) is 0. The van der Waals surface area contributed by atoms with Gasteiger partial charge in [0.25, 0.3) is 0 Å². The van der Waals surface area contributed by atoms with E-state index in [9.17, 15) is 0 Å². The van der Waals surface area contributed by atoms with Gasteiger partial charge in [-0.3, -0.25) is 4.40 Å². The summed E-state index contributed by atoms with van der Waals surface area (Å²) in [6.45, 7) is 0. The summed E-state index contributed by atoms with van der Waals surface area (Å²) in [7, 11) is 0. The van der Waals surface area contributed by atoms with Crippen molar-refractivity contribution in [3.63, 3.8) is 0 Å². The first-order chi connectivity index (χ1) is 14.4. The van der Waals surface area contributed by atoms with Crippen molar-refractivity contribution in [2.75, 3.05) is 0 Å². The fraction of sp³-hybridized carbons (Fsp3) is 0. The van der Waals surface area contributed by atoms with Gasteiger partial charge >= 0.3 is 0 Å². The van der Waals surface area contributed by atoms with Crippen LogP contribution in [0, 0.1) is 0 Å². The molecule has 0 radical (unpaired) electrons. The van der Waals surface area contributed by atoms with E-state index in [1.807, 2.05) is 0 Å². The maximum absolute atomic E-state index is 6.46. The van der Waals surface area contributed by atoms with Crippen LogP contribution in [-0.4, -0.2) is 8.97 Å². The number of oxazole rings is 1. The van der Waals surface area contributed by atoms with Gasteiger partial charge in [0.2, 0.25) is 5.71 Å². The summed E-state index contributed by atoms with van der Waals surface area (Å²) in [5, 5.41) is 3.56. The van der Waals surface area contributed by atoms with E-state index < -0.39 is 0 Å². The summed E-state index contributed by atoms with van der Waals surface area (Å²) in [5.41, 5.74) is 7.59. The standard InChI is InChI=1S/C26H16N2O/c1-2-9-18(10-3-1)27-21-13-7-5-11-19(21)25-22(27)14-15-23-26(25)29-24-16-17-8-4-6-12-20(17)28(23)24/h1-16H. The molecule has 0 saturated heterocycles. The molecule has 0 unspecified atom stereocenters. The molecule has 3 aromatic heterocycles. The van der Waals surface area contributed by atoms with Gasteiger partial charge in [0, 0.05) is 22.5 Å². The Balaban J connectivity index is 1.72. The Kier molecular flexibility index (Phi) is 2.74. The lowest BCUT2D eigenvalue weighted by Gasteiger charge is -2.07. The van der Waals surface area contributed by atoms with E-state index in [4.69, 9.17) is 4.42 Å². The quantitative estimate of drug-likeness (QED) is 0.306. The molecule has 3 heteroatoms. The molecular formula is C26H16N2O. The molecule has 0 saturated carbocycles. The number of rotatable bonds is 1. The number of nitrogens with zero attached hydrogens (tertiary/aromatic N) is 2. The topological polar surface area (TPSA) is 22.5 Å². The van der Waals surface area contributed by atoms with E-state index in [0.717, 1.165) is 33.4 Å². The number of fused-ring (bicyclic) bond motifs is 9. The zero-order valence-corrected chi connectivity index (χ0v) is 15.5. The fourth-order valence-corrected chi connectivity index (χ4v) is 4.71. The lowest BCUT2D eigenvalue weighted by Crippen LogP contribution is -1.92. The van der Waals surface area contributed by atoms with Crippen LogP contribution in [0.15, 0.2) is 101 Å². The number of hydrogen-bond donors (Lipinski definition) is 0. The average Bonchev–Trinajstić information content (AvgIpc) is 3.41. The van der Waals surface area contributed by atoms with Gasteiger partial charge in [-0.05, 0) is 36.4 Å². The molecule has 7 aromatic rings. The second-order valence-electron chi connectivity index (χ2n) is 7.47. The summed E-state index contributed by atoms with van der Waals surface area (Å²) >= 11 is 0. The Hall–Kier alpha value is -3.98. The zero-order chi connectivity index (χ0) is 18.9. The van der Waals surface area contributed by atoms with Crippen molar-refractivity contribution in [1.82, 2.24) is 8.97 Å². The monoisotopic (exact) mass is 372 g/mol. The minimum atomic E-state index is 0.880. The van der Waals surface area contributed by atoms with Crippen LogP contribution < -0.4 is 0 Å². The molecule has 0 N–H and O–H groups in total. The largest absolute Gasteiger partial charge is 0.437 e. The van der Waals surface area contributed by atoms with Gasteiger partial charge in [-0.25, -0.2) is 0 Å². The van der Waals surface area contributed by atoms with Gasteiger partial charge < -0.3 is 8.98 Å². The van der Waals surface area contributed by atoms with Crippen LogP contribution in [0.1, 0.15) is 0 Å². The highest BCUT2D eigenvalue weighted by Gasteiger charge is 2.19. The average molecular weight is 372 g/mol. The molecule has 0 aliphatic heterocycles. The molecule has 4 aromatic carbocycles. The third-order valence-electron chi connectivity index (χ3n) is 5.91. The van der Waals surface area contributed by atoms with Crippen molar-refractivity contribution in [1.29, 1.82) is 0 Å². The van der Waals surface area contributed by atoms with Crippen molar-refractivity contribution in [2.24, 2.45) is 0 Å². The molecule has 0 amide bonds. The Morgan fingerprint density at radius 2 is 1.31 bits per heavy atom. The minimum absolute atomic E-state index is 0.880. The van der Waals surface area contributed by atoms with Crippen molar-refractivity contribution in [3.8, 4) is 5.69 Å². The summed E-state index contributed by atoms with van der Waals surface area (Å²) < 4.78 is 11.0. The predicted molar refractivity (Wildman–Crippen MR) is 119 cm³/mol. The van der Waals surface area contributed by atoms with Crippen molar-refractivity contribution in [2.45, 2.75) is 0 Å². The predicted octanol–water partition coefficient (Wildman–Crippen LogP) is 6.94. The Bertz CT molecular complexity index is 1700. The normalized spacial score (nSPS) is 12.1. The minimum Gasteiger partial charge on any atom is -0.437 e. The van der Waals surface area contributed by atoms with Gasteiger partial charge in [-0.1, -0.05) is 54.6 Å². The molecule has 0 fully saturated rings. The second kappa shape index (κ2) is 5.30. The van der Waals surface area contributed by atoms with E-state index >= 15 is 0 Å². The molecule has 136 valence electrons. The van der Waals surface area contributed by atoms with Gasteiger partial charge in [0.1, 0.15) is 0 Å². The first-order valence-electron chi connectivity index (χ1n) is 9.80. The van der Waals surface area contributed by atoms with Crippen LogP contribution >= 0.6 is 0 Å². The van der Waals surface area contributed by atoms with Gasteiger partial charge in [-0.2, -0.15) is 0 Å². The third-order valence-corrected chi connectivity index (χ3v) is 5.91. The molecule has 0 spiro atoms. The molecule has 3 heterocycles.